The van der Waals surface area contributed by atoms with Crippen LogP contribution in [-0.2, 0) is 6.18 Å². The highest BCUT2D eigenvalue weighted by molar-refractivity contribution is 5.28. The number of alkyl halides is 4. The molecule has 0 aliphatic rings. The van der Waals surface area contributed by atoms with Crippen molar-refractivity contribution in [3.63, 3.8) is 0 Å². The molecule has 0 bridgehead atoms. The maximum absolute atomic E-state index is 13.7. The van der Waals surface area contributed by atoms with Gasteiger partial charge in [0.1, 0.15) is 6.17 Å². The number of rotatable bonds is 2. The fourth-order valence-electron chi connectivity index (χ4n) is 1.30. The van der Waals surface area contributed by atoms with Gasteiger partial charge in [-0.15, -0.1) is 0 Å². The van der Waals surface area contributed by atoms with Gasteiger partial charge >= 0.3 is 6.18 Å². The molecule has 2 N–H and O–H groups in total. The Hall–Kier alpha value is -1.10. The molecule has 0 heterocycles. The normalized spacial score (nSPS) is 14.9. The van der Waals surface area contributed by atoms with Crippen LogP contribution in [0.4, 0.5) is 17.6 Å². The van der Waals surface area contributed by atoms with E-state index in [2.05, 4.69) is 0 Å². The molecule has 0 radical (unpaired) electrons. The summed E-state index contributed by atoms with van der Waals surface area (Å²) in [4.78, 5) is 0. The number of halogens is 4. The molecule has 0 fully saturated rings. The first-order valence-electron chi connectivity index (χ1n) is 4.72. The highest BCUT2D eigenvalue weighted by Gasteiger charge is 2.33. The van der Waals surface area contributed by atoms with Crippen LogP contribution in [0.25, 0.3) is 0 Å². The first kappa shape index (κ1) is 13.0. The average molecular weight is 235 g/mol. The molecule has 1 unspecified atom stereocenters. The predicted molar refractivity (Wildman–Crippen MR) is 53.6 cm³/mol. The van der Waals surface area contributed by atoms with Gasteiger partial charge in [-0.05, 0) is 31.5 Å². The van der Waals surface area contributed by atoms with E-state index in [4.69, 9.17) is 5.73 Å². The minimum atomic E-state index is -4.46. The molecule has 1 aromatic carbocycles. The Morgan fingerprint density at radius 1 is 1.19 bits per heavy atom. The van der Waals surface area contributed by atoms with Gasteiger partial charge in [-0.2, -0.15) is 13.2 Å². The molecule has 0 spiro atoms. The van der Waals surface area contributed by atoms with E-state index in [0.717, 1.165) is 12.1 Å². The Balaban J connectivity index is 3.09. The fourth-order valence-corrected chi connectivity index (χ4v) is 1.30. The van der Waals surface area contributed by atoms with Gasteiger partial charge in [0.15, 0.2) is 0 Å². The summed E-state index contributed by atoms with van der Waals surface area (Å²) in [6.07, 6.45) is -6.09. The summed E-state index contributed by atoms with van der Waals surface area (Å²) in [5.74, 6) is 0. The van der Waals surface area contributed by atoms with E-state index in [1.54, 1.807) is 0 Å². The highest BCUT2D eigenvalue weighted by Crippen LogP contribution is 2.33. The second-order valence-corrected chi connectivity index (χ2v) is 4.31. The molecule has 1 atom stereocenters. The summed E-state index contributed by atoms with van der Waals surface area (Å²) in [5, 5.41) is 0. The average Bonchev–Trinajstić information content (AvgIpc) is 2.14. The van der Waals surface area contributed by atoms with Crippen molar-refractivity contribution in [2.75, 3.05) is 0 Å². The third kappa shape index (κ3) is 2.95. The summed E-state index contributed by atoms with van der Waals surface area (Å²) in [6.45, 7) is 2.86. The quantitative estimate of drug-likeness (QED) is 0.780. The molecule has 0 aromatic heterocycles. The predicted octanol–water partition coefficient (Wildman–Crippen LogP) is 3.45. The first-order valence-corrected chi connectivity index (χ1v) is 4.72. The molecule has 5 heteroatoms. The van der Waals surface area contributed by atoms with Gasteiger partial charge in [-0.25, -0.2) is 4.39 Å². The first-order chi connectivity index (χ1) is 7.12. The highest BCUT2D eigenvalue weighted by atomic mass is 19.4. The minimum Gasteiger partial charge on any atom is -0.323 e. The van der Waals surface area contributed by atoms with E-state index in [0.29, 0.717) is 0 Å². The zero-order chi connectivity index (χ0) is 12.6. The maximum atomic E-state index is 13.7. The molecule has 0 amide bonds. The fraction of sp³-hybridized carbons (Fsp3) is 0.455. The molecule has 1 nitrogen and oxygen atoms in total. The Morgan fingerprint density at radius 2 is 1.75 bits per heavy atom. The lowest BCUT2D eigenvalue weighted by molar-refractivity contribution is -0.137. The van der Waals surface area contributed by atoms with Crippen molar-refractivity contribution in [2.24, 2.45) is 5.73 Å². The van der Waals surface area contributed by atoms with E-state index in [9.17, 15) is 17.6 Å². The minimum absolute atomic E-state index is 0.0534. The topological polar surface area (TPSA) is 26.0 Å². The summed E-state index contributed by atoms with van der Waals surface area (Å²) in [6, 6.07) is 4.17. The van der Waals surface area contributed by atoms with Crippen molar-refractivity contribution in [3.8, 4) is 0 Å². The maximum Gasteiger partial charge on any atom is 0.416 e. The molecule has 1 aromatic rings. The van der Waals surface area contributed by atoms with E-state index in [-0.39, 0.29) is 5.56 Å². The van der Waals surface area contributed by atoms with Gasteiger partial charge in [0.25, 0.3) is 0 Å². The van der Waals surface area contributed by atoms with Crippen LogP contribution in [0.3, 0.4) is 0 Å². The lowest BCUT2D eigenvalue weighted by atomic mass is 9.93. The Labute approximate surface area is 91.3 Å². The summed E-state index contributed by atoms with van der Waals surface area (Å²) in [5.41, 5.74) is 3.39. The van der Waals surface area contributed by atoms with E-state index in [1.165, 1.54) is 26.0 Å². The molecule has 90 valence electrons. The lowest BCUT2D eigenvalue weighted by Crippen LogP contribution is -2.37. The second kappa shape index (κ2) is 4.05. The van der Waals surface area contributed by atoms with Gasteiger partial charge in [0.2, 0.25) is 0 Å². The van der Waals surface area contributed by atoms with Gasteiger partial charge in [0.05, 0.1) is 5.56 Å². The third-order valence-corrected chi connectivity index (χ3v) is 2.16. The van der Waals surface area contributed by atoms with Crippen molar-refractivity contribution in [1.29, 1.82) is 0 Å². The standard InChI is InChI=1S/C11H13F4N/c1-10(2,16)9(12)7-4-3-5-8(6-7)11(13,14)15/h3-6,9H,16H2,1-2H3. The Kier molecular flexibility index (Phi) is 3.28. The van der Waals surface area contributed by atoms with Crippen LogP contribution >= 0.6 is 0 Å². The number of hydrogen-bond donors (Lipinski definition) is 1. The summed E-state index contributed by atoms with van der Waals surface area (Å²) in [7, 11) is 0. The smallest absolute Gasteiger partial charge is 0.323 e. The SMILES string of the molecule is CC(C)(N)C(F)c1cccc(C(F)(F)F)c1. The molecule has 0 aliphatic heterocycles. The van der Waals surface area contributed by atoms with Gasteiger partial charge in [0, 0.05) is 5.54 Å². The Morgan fingerprint density at radius 3 is 2.19 bits per heavy atom. The Bertz CT molecular complexity index is 365. The van der Waals surface area contributed by atoms with Crippen molar-refractivity contribution in [2.45, 2.75) is 31.7 Å². The van der Waals surface area contributed by atoms with Crippen LogP contribution in [0, 0.1) is 0 Å². The van der Waals surface area contributed by atoms with Crippen LogP contribution in [-0.4, -0.2) is 5.54 Å². The van der Waals surface area contributed by atoms with Gasteiger partial charge in [-0.3, -0.25) is 0 Å². The number of nitrogens with two attached hydrogens (primary N) is 1. The van der Waals surface area contributed by atoms with Crippen molar-refractivity contribution < 1.29 is 17.6 Å². The van der Waals surface area contributed by atoms with E-state index in [1.807, 2.05) is 0 Å². The molecular weight excluding hydrogens is 222 g/mol. The van der Waals surface area contributed by atoms with Crippen LogP contribution in [0.1, 0.15) is 31.1 Å². The van der Waals surface area contributed by atoms with Crippen LogP contribution in [0.2, 0.25) is 0 Å². The van der Waals surface area contributed by atoms with E-state index < -0.39 is 23.5 Å². The van der Waals surface area contributed by atoms with E-state index >= 15 is 0 Å². The van der Waals surface area contributed by atoms with Crippen LogP contribution < -0.4 is 5.73 Å². The molecule has 1 rings (SSSR count). The molecule has 0 saturated carbocycles. The number of benzene rings is 1. The lowest BCUT2D eigenvalue weighted by Gasteiger charge is -2.24. The summed E-state index contributed by atoms with van der Waals surface area (Å²) >= 11 is 0. The van der Waals surface area contributed by atoms with Gasteiger partial charge < -0.3 is 5.73 Å². The zero-order valence-electron chi connectivity index (χ0n) is 8.98. The van der Waals surface area contributed by atoms with Crippen molar-refractivity contribution in [3.05, 3.63) is 35.4 Å². The van der Waals surface area contributed by atoms with Gasteiger partial charge in [-0.1, -0.05) is 12.1 Å². The monoisotopic (exact) mass is 235 g/mol. The zero-order valence-corrected chi connectivity index (χ0v) is 8.98. The summed E-state index contributed by atoms with van der Waals surface area (Å²) < 4.78 is 50.8. The van der Waals surface area contributed by atoms with Crippen molar-refractivity contribution in [1.82, 2.24) is 0 Å². The molecule has 0 saturated heterocycles. The number of hydrogen-bond acceptors (Lipinski definition) is 1. The van der Waals surface area contributed by atoms with Crippen molar-refractivity contribution >= 4 is 0 Å². The molecule has 16 heavy (non-hydrogen) atoms. The largest absolute Gasteiger partial charge is 0.416 e. The van der Waals surface area contributed by atoms with Crippen LogP contribution in [0.15, 0.2) is 24.3 Å². The molecule has 0 aliphatic carbocycles. The third-order valence-electron chi connectivity index (χ3n) is 2.16. The second-order valence-electron chi connectivity index (χ2n) is 4.31. The molecular formula is C11H13F4N. The van der Waals surface area contributed by atoms with Crippen LogP contribution in [0.5, 0.6) is 0 Å².